The molecule has 1 nitrogen and oxygen atoms in total. The molecule has 1 heterocycles. The predicted molar refractivity (Wildman–Crippen MR) is 49.0 cm³/mol. The molecule has 1 aliphatic heterocycles. The number of hydrogen-bond acceptors (Lipinski definition) is 1. The zero-order valence-electron chi connectivity index (χ0n) is 7.81. The van der Waals surface area contributed by atoms with E-state index in [1.807, 2.05) is 6.20 Å². The quantitative estimate of drug-likeness (QED) is 0.561. The van der Waals surface area contributed by atoms with Gasteiger partial charge in [-0.3, -0.25) is 0 Å². The summed E-state index contributed by atoms with van der Waals surface area (Å²) in [5.41, 5.74) is 1.58. The molecule has 1 atom stereocenters. The van der Waals surface area contributed by atoms with E-state index in [0.29, 0.717) is 5.92 Å². The van der Waals surface area contributed by atoms with E-state index in [4.69, 9.17) is 0 Å². The van der Waals surface area contributed by atoms with Gasteiger partial charge in [-0.15, -0.1) is 0 Å². The van der Waals surface area contributed by atoms with E-state index in [9.17, 15) is 0 Å². The molecular formula is C10H17N. The second kappa shape index (κ2) is 2.72. The van der Waals surface area contributed by atoms with Gasteiger partial charge in [-0.05, 0) is 12.1 Å². The van der Waals surface area contributed by atoms with Crippen LogP contribution in [0.5, 0.6) is 0 Å². The van der Waals surface area contributed by atoms with Crippen LogP contribution in [0.15, 0.2) is 24.0 Å². The molecule has 0 aliphatic carbocycles. The fourth-order valence-electron chi connectivity index (χ4n) is 1.12. The van der Waals surface area contributed by atoms with Gasteiger partial charge in [-0.1, -0.05) is 39.8 Å². The van der Waals surface area contributed by atoms with Gasteiger partial charge in [0.15, 0.2) is 0 Å². The van der Waals surface area contributed by atoms with Crippen molar-refractivity contribution in [2.75, 3.05) is 0 Å². The molecule has 0 aromatic heterocycles. The molecule has 0 radical (unpaired) electrons. The van der Waals surface area contributed by atoms with Gasteiger partial charge >= 0.3 is 0 Å². The van der Waals surface area contributed by atoms with Gasteiger partial charge in [-0.2, -0.15) is 0 Å². The fourth-order valence-corrected chi connectivity index (χ4v) is 1.12. The lowest BCUT2D eigenvalue weighted by molar-refractivity contribution is 0.469. The number of allylic oxidation sites excluding steroid dienone is 3. The maximum atomic E-state index is 3.27. The second-order valence-electron chi connectivity index (χ2n) is 4.19. The van der Waals surface area contributed by atoms with Crippen LogP contribution in [0, 0.1) is 11.3 Å². The highest BCUT2D eigenvalue weighted by atomic mass is 14.9. The first kappa shape index (κ1) is 8.38. The molecule has 1 N–H and O–H groups in total. The normalized spacial score (nSPS) is 24.4. The van der Waals surface area contributed by atoms with Crippen LogP contribution >= 0.6 is 0 Å². The zero-order chi connectivity index (χ0) is 8.48. The Morgan fingerprint density at radius 1 is 1.36 bits per heavy atom. The van der Waals surface area contributed by atoms with Gasteiger partial charge in [0.1, 0.15) is 0 Å². The third-order valence-corrected chi connectivity index (χ3v) is 1.88. The van der Waals surface area contributed by atoms with E-state index in [0.717, 1.165) is 0 Å². The van der Waals surface area contributed by atoms with Crippen molar-refractivity contribution in [2.45, 2.75) is 27.7 Å². The molecule has 0 saturated carbocycles. The van der Waals surface area contributed by atoms with Crippen LogP contribution in [0.4, 0.5) is 0 Å². The summed E-state index contributed by atoms with van der Waals surface area (Å²) in [5.74, 6) is 0.575. The van der Waals surface area contributed by atoms with Gasteiger partial charge in [0.25, 0.3) is 0 Å². The minimum absolute atomic E-state index is 0.249. The molecular weight excluding hydrogens is 134 g/mol. The average Bonchev–Trinajstić information content (AvgIpc) is 1.86. The van der Waals surface area contributed by atoms with Crippen molar-refractivity contribution < 1.29 is 0 Å². The van der Waals surface area contributed by atoms with Gasteiger partial charge in [0.2, 0.25) is 0 Å². The minimum Gasteiger partial charge on any atom is -0.365 e. The topological polar surface area (TPSA) is 12.0 Å². The van der Waals surface area contributed by atoms with Crippen LogP contribution in [0.2, 0.25) is 0 Å². The lowest BCUT2D eigenvalue weighted by Gasteiger charge is -2.26. The molecule has 0 aromatic rings. The zero-order valence-corrected chi connectivity index (χ0v) is 7.81. The van der Waals surface area contributed by atoms with E-state index in [-0.39, 0.29) is 5.41 Å². The molecule has 1 heteroatoms. The number of dihydropyridines is 1. The Hall–Kier alpha value is -0.720. The van der Waals surface area contributed by atoms with E-state index < -0.39 is 0 Å². The van der Waals surface area contributed by atoms with Crippen LogP contribution < -0.4 is 5.32 Å². The number of hydrogen-bond donors (Lipinski definition) is 1. The summed E-state index contributed by atoms with van der Waals surface area (Å²) in [6, 6.07) is 0. The standard InChI is InChI=1S/C10H17N/c1-8-5-6-11-9(7-8)10(2,3)4/h5-8,11H,1-4H3. The Bertz CT molecular complexity index is 193. The van der Waals surface area contributed by atoms with Crippen molar-refractivity contribution in [3.8, 4) is 0 Å². The Labute approximate surface area is 69.2 Å². The van der Waals surface area contributed by atoms with Gasteiger partial charge in [-0.25, -0.2) is 0 Å². The number of rotatable bonds is 0. The summed E-state index contributed by atoms with van der Waals surface area (Å²) in [5, 5.41) is 3.27. The Morgan fingerprint density at radius 2 is 2.00 bits per heavy atom. The van der Waals surface area contributed by atoms with Crippen molar-refractivity contribution in [1.82, 2.24) is 5.32 Å². The molecule has 0 fully saturated rings. The summed E-state index contributed by atoms with van der Waals surface area (Å²) < 4.78 is 0. The summed E-state index contributed by atoms with van der Waals surface area (Å²) in [6.45, 7) is 8.86. The van der Waals surface area contributed by atoms with Crippen LogP contribution in [0.1, 0.15) is 27.7 Å². The van der Waals surface area contributed by atoms with E-state index in [1.165, 1.54) is 5.70 Å². The Kier molecular flexibility index (Phi) is 2.08. The average molecular weight is 151 g/mol. The van der Waals surface area contributed by atoms with Crippen LogP contribution in [0.25, 0.3) is 0 Å². The fraction of sp³-hybridized carbons (Fsp3) is 0.600. The van der Waals surface area contributed by atoms with Gasteiger partial charge in [0.05, 0.1) is 0 Å². The highest BCUT2D eigenvalue weighted by Gasteiger charge is 2.17. The third-order valence-electron chi connectivity index (χ3n) is 1.88. The molecule has 11 heavy (non-hydrogen) atoms. The smallest absolute Gasteiger partial charge is 0.0166 e. The van der Waals surface area contributed by atoms with Crippen LogP contribution in [-0.4, -0.2) is 0 Å². The SMILES string of the molecule is CC1C=CNC(C(C)(C)C)=C1. The van der Waals surface area contributed by atoms with Gasteiger partial charge in [0, 0.05) is 11.1 Å². The molecule has 1 aliphatic rings. The maximum absolute atomic E-state index is 3.27. The summed E-state index contributed by atoms with van der Waals surface area (Å²) in [4.78, 5) is 0. The molecule has 62 valence electrons. The summed E-state index contributed by atoms with van der Waals surface area (Å²) in [7, 11) is 0. The lowest BCUT2D eigenvalue weighted by Crippen LogP contribution is -2.23. The predicted octanol–water partition coefficient (Wildman–Crippen LogP) is 2.67. The summed E-state index contributed by atoms with van der Waals surface area (Å²) in [6.07, 6.45) is 6.47. The maximum Gasteiger partial charge on any atom is 0.0166 e. The first-order valence-corrected chi connectivity index (χ1v) is 4.15. The lowest BCUT2D eigenvalue weighted by atomic mass is 9.88. The van der Waals surface area contributed by atoms with Crippen molar-refractivity contribution in [3.63, 3.8) is 0 Å². The molecule has 0 amide bonds. The van der Waals surface area contributed by atoms with Gasteiger partial charge < -0.3 is 5.32 Å². The van der Waals surface area contributed by atoms with E-state index in [1.54, 1.807) is 0 Å². The third kappa shape index (κ3) is 2.11. The Morgan fingerprint density at radius 3 is 2.36 bits per heavy atom. The molecule has 0 aromatic carbocycles. The van der Waals surface area contributed by atoms with Crippen molar-refractivity contribution >= 4 is 0 Å². The van der Waals surface area contributed by atoms with Crippen LogP contribution in [-0.2, 0) is 0 Å². The molecule has 0 bridgehead atoms. The first-order valence-electron chi connectivity index (χ1n) is 4.15. The summed E-state index contributed by atoms with van der Waals surface area (Å²) >= 11 is 0. The molecule has 0 spiro atoms. The highest BCUT2D eigenvalue weighted by molar-refractivity contribution is 5.19. The van der Waals surface area contributed by atoms with Crippen molar-refractivity contribution in [2.24, 2.45) is 11.3 Å². The second-order valence-corrected chi connectivity index (χ2v) is 4.19. The molecule has 1 rings (SSSR count). The molecule has 1 unspecified atom stereocenters. The van der Waals surface area contributed by atoms with Crippen molar-refractivity contribution in [3.05, 3.63) is 24.0 Å². The highest BCUT2D eigenvalue weighted by Crippen LogP contribution is 2.26. The van der Waals surface area contributed by atoms with Crippen LogP contribution in [0.3, 0.4) is 0 Å². The number of nitrogens with one attached hydrogen (secondary N) is 1. The Balaban J connectivity index is 2.75. The minimum atomic E-state index is 0.249. The molecule has 0 saturated heterocycles. The van der Waals surface area contributed by atoms with Crippen molar-refractivity contribution in [1.29, 1.82) is 0 Å². The monoisotopic (exact) mass is 151 g/mol. The van der Waals surface area contributed by atoms with E-state index >= 15 is 0 Å². The van der Waals surface area contributed by atoms with E-state index in [2.05, 4.69) is 45.2 Å². The largest absolute Gasteiger partial charge is 0.365 e. The first-order chi connectivity index (χ1) is 5.00.